The van der Waals surface area contributed by atoms with Gasteiger partial charge in [0, 0.05) is 47.0 Å². The lowest BCUT2D eigenvalue weighted by molar-refractivity contribution is -0.0404. The molecule has 8 heterocycles. The van der Waals surface area contributed by atoms with Crippen LogP contribution in [-0.4, -0.2) is 255 Å². The topological polar surface area (TPSA) is 418 Å². The summed E-state index contributed by atoms with van der Waals surface area (Å²) >= 11 is 0. The summed E-state index contributed by atoms with van der Waals surface area (Å²) < 4.78 is 27.6. The molecule has 4 aliphatic heterocycles. The molecule has 32 heteroatoms. The van der Waals surface area contributed by atoms with Gasteiger partial charge in [0.1, 0.15) is 48.8 Å². The molecule has 0 amide bonds. The molecular weight excluding hydrogens is 1380 g/mol. The fourth-order valence-electron chi connectivity index (χ4n) is 11.3. The highest BCUT2D eigenvalue weighted by Gasteiger charge is 2.47. The van der Waals surface area contributed by atoms with Crippen molar-refractivity contribution in [3.8, 4) is 0 Å². The molecule has 0 saturated carbocycles. The Labute approximate surface area is 593 Å². The number of nitrogens with zero attached hydrogens (tertiary/aromatic N) is 4. The van der Waals surface area contributed by atoms with Gasteiger partial charge >= 0.3 is 22.8 Å². The Bertz CT molecular complexity index is 4050. The van der Waals surface area contributed by atoms with E-state index >= 15 is 0 Å². The van der Waals surface area contributed by atoms with Gasteiger partial charge in [0.15, 0.2) is 24.9 Å². The zero-order chi connectivity index (χ0) is 73.7. The van der Waals surface area contributed by atoms with Gasteiger partial charge in [-0.15, -0.1) is 65.9 Å². The molecule has 0 spiro atoms. The van der Waals surface area contributed by atoms with Crippen LogP contribution in [-0.2, 0) is 44.6 Å². The van der Waals surface area contributed by atoms with Gasteiger partial charge in [0.2, 0.25) is 0 Å². The molecule has 12 N–H and O–H groups in total. The van der Waals surface area contributed by atoms with E-state index in [-0.39, 0.29) is 28.7 Å². The predicted octanol–water partition coefficient (Wildman–Crippen LogP) is 3.07. The lowest BCUT2D eigenvalue weighted by atomic mass is 10.1. The molecule has 0 aliphatic carbocycles. The molecule has 101 heavy (non-hydrogen) atoms. The van der Waals surface area contributed by atoms with E-state index in [1.807, 2.05) is 13.8 Å². The smallest absolute Gasteiger partial charge is 0.330 e. The third-order valence-electron chi connectivity index (χ3n) is 17.0. The van der Waals surface area contributed by atoms with Gasteiger partial charge < -0.3 is 59.8 Å². The molecule has 4 unspecified atom stereocenters. The second-order valence-corrected chi connectivity index (χ2v) is 45.7. The molecule has 28 nitrogen and oxygen atoms in total. The number of unbranched alkanes of at least 4 members (excludes halogenated alkanes) is 1. The minimum absolute atomic E-state index is 0. The van der Waals surface area contributed by atoms with Crippen molar-refractivity contribution in [3.63, 3.8) is 0 Å². The summed E-state index contributed by atoms with van der Waals surface area (Å²) in [4.78, 5) is 105. The highest BCUT2D eigenvalue weighted by molar-refractivity contribution is 7.73. The van der Waals surface area contributed by atoms with Gasteiger partial charge in [-0.05, 0) is 142 Å². The SMILES string of the molecule is C.C.C.C=CCCc1cn(C2O[C@H](CCP(=C)(C)C)[C@@H](O)[C@H]2O)c(=O)[nH]c1=O.C=CCc1cn(C2O[C@H](CCP(=C)(C)C)[C@@H](O)[C@H]2O)c(=O)[nH]c1=O.C=P(C)(C)CC[C@H]1OC(n2cc(CCC)c(=O)[nH]c2=O)[C@H](O)[C@@H]1O.C=P(C)(C)CC[C@H]1OC(n2cc(CCCC)c(=O)[nH]c2=O)[C@H](O)[C@@H]1O. The Kier molecular flexibility index (Phi) is 36.3. The minimum atomic E-state index is -1.29. The zero-order valence-electron chi connectivity index (χ0n) is 58.3. The summed E-state index contributed by atoms with van der Waals surface area (Å²) in [6.45, 7) is 22.7. The van der Waals surface area contributed by atoms with Gasteiger partial charge in [-0.2, -0.15) is 0 Å². The summed E-state index contributed by atoms with van der Waals surface area (Å²) in [6.07, 6.45) is 20.1. The number of aromatic amines is 4. The van der Waals surface area contributed by atoms with Gasteiger partial charge in [-0.3, -0.25) is 57.4 Å². The molecule has 4 aromatic heterocycles. The van der Waals surface area contributed by atoms with E-state index in [9.17, 15) is 79.2 Å². The van der Waals surface area contributed by atoms with Crippen molar-refractivity contribution in [1.82, 2.24) is 38.2 Å². The number of rotatable bonds is 26. The average molecular weight is 1510 g/mol. The van der Waals surface area contributed by atoms with Crippen LogP contribution < -0.4 is 45.0 Å². The van der Waals surface area contributed by atoms with Crippen molar-refractivity contribution in [2.24, 2.45) is 0 Å². The monoisotopic (exact) mass is 1500 g/mol. The lowest BCUT2D eigenvalue weighted by Gasteiger charge is -2.19. The van der Waals surface area contributed by atoms with Gasteiger partial charge in [-0.25, -0.2) is 19.2 Å². The molecule has 8 rings (SSSR count). The van der Waals surface area contributed by atoms with Crippen LogP contribution >= 0.6 is 27.5 Å². The molecule has 0 bridgehead atoms. The highest BCUT2D eigenvalue weighted by Crippen LogP contribution is 2.43. The Morgan fingerprint density at radius 2 is 0.634 bits per heavy atom. The van der Waals surface area contributed by atoms with Gasteiger partial charge in [0.05, 0.1) is 24.4 Å². The minimum Gasteiger partial charge on any atom is -0.388 e. The Morgan fingerprint density at radius 1 is 0.386 bits per heavy atom. The lowest BCUT2D eigenvalue weighted by Crippen LogP contribution is -2.38. The zero-order valence-corrected chi connectivity index (χ0v) is 61.9. The van der Waals surface area contributed by atoms with Crippen molar-refractivity contribution in [1.29, 1.82) is 0 Å². The van der Waals surface area contributed by atoms with Crippen LogP contribution in [0.15, 0.2) is 88.5 Å². The fraction of sp³-hybridized carbons (Fsp3) is 0.652. The number of hydrogen-bond donors (Lipinski definition) is 12. The van der Waals surface area contributed by atoms with Crippen LogP contribution in [0.4, 0.5) is 0 Å². The van der Waals surface area contributed by atoms with Crippen molar-refractivity contribution in [2.45, 2.75) is 211 Å². The van der Waals surface area contributed by atoms with Gasteiger partial charge in [-0.1, -0.05) is 61.1 Å². The molecule has 4 saturated heterocycles. The van der Waals surface area contributed by atoms with E-state index < -0.39 is 171 Å². The number of ether oxygens (including phenoxy) is 4. The summed E-state index contributed by atoms with van der Waals surface area (Å²) in [5.74, 6) is 0. The highest BCUT2D eigenvalue weighted by atomic mass is 31.2. The second kappa shape index (κ2) is 39.9. The van der Waals surface area contributed by atoms with E-state index in [4.69, 9.17) is 18.9 Å². The summed E-state index contributed by atoms with van der Waals surface area (Å²) in [6, 6.07) is 0. The van der Waals surface area contributed by atoms with Crippen LogP contribution in [0.25, 0.3) is 0 Å². The molecule has 4 fully saturated rings. The van der Waals surface area contributed by atoms with Crippen LogP contribution in [0.3, 0.4) is 0 Å². The maximum Gasteiger partial charge on any atom is 0.330 e. The second-order valence-electron chi connectivity index (χ2n) is 28.4. The third kappa shape index (κ3) is 26.2. The average Bonchev–Trinajstić information content (AvgIpc) is 1.71. The molecule has 0 aromatic carbocycles. The first-order chi connectivity index (χ1) is 45.5. The number of aryl methyl sites for hydroxylation is 3. The maximum atomic E-state index is 12.2. The van der Waals surface area contributed by atoms with E-state index in [0.29, 0.717) is 73.6 Å². The predicted molar refractivity (Wildman–Crippen MR) is 416 cm³/mol. The molecule has 4 aromatic rings. The number of H-pyrrole nitrogens is 4. The Balaban J connectivity index is 0.000000453. The molecule has 4 aliphatic rings. The largest absolute Gasteiger partial charge is 0.388 e. The molecule has 0 radical (unpaired) electrons. The number of nitrogens with one attached hydrogen (secondary N) is 4. The van der Waals surface area contributed by atoms with E-state index in [0.717, 1.165) is 53.0 Å². The van der Waals surface area contributed by atoms with E-state index in [1.165, 1.54) is 33.9 Å². The number of hydrogen-bond acceptors (Lipinski definition) is 20. The van der Waals surface area contributed by atoms with E-state index in [2.05, 4.69) is 112 Å². The number of allylic oxidation sites excluding steroid dienone is 2. The quantitative estimate of drug-likeness (QED) is 0.0317. The standard InChI is InChI=1S/C17H29N2O5P.C17H27N2O5P.C16H27N2O5P.C16H25N2O5P.3CH4/c2*1-5-6-7-11-10-19(17(23)18-15(11)22)16-14(21)13(20)12(24-16)8-9-25(2,3)4;2*1-5-6-10-9-18(16(22)17-14(10)21)15-13(20)12(19)11(23-15)7-8-24(2,3)4;;;/h10,12-14,16,20-21H,2,5-9H2,1,3-4H3,(H,18,22,23);5,10,12-14,16,20-21H,1-2,6-9H2,3-4H3,(H,18,22,23);9,11-13,15,19-20H,2,5-8H2,1,3-4H3,(H,17,21,22);5,9,11-13,15,19-20H,1-2,6-8H2,3-4H3,(H,17,21,22);3*1H4/t2*12-,13-,14-,16?;2*11-,12-,13-,15?;;;/m1111.../s1. The Morgan fingerprint density at radius 3 is 0.871 bits per heavy atom. The summed E-state index contributed by atoms with van der Waals surface area (Å²) in [5.41, 5.74) is -2.79. The molecule has 576 valence electrons. The van der Waals surface area contributed by atoms with Crippen LogP contribution in [0.1, 0.15) is 135 Å². The van der Waals surface area contributed by atoms with E-state index in [1.54, 1.807) is 12.2 Å². The molecule has 16 atom stereocenters. The number of aliphatic hydroxyl groups excluding tert-OH is 8. The van der Waals surface area contributed by atoms with Crippen molar-refractivity contribution >= 4 is 52.7 Å². The fourth-order valence-corrected chi connectivity index (χ4v) is 15.1. The first-order valence-corrected chi connectivity index (χ1v) is 45.1. The van der Waals surface area contributed by atoms with Gasteiger partial charge in [0.25, 0.3) is 22.2 Å². The molecular formula is C69H120N8O20P4. The number of aromatic nitrogens is 8. The van der Waals surface area contributed by atoms with Crippen LogP contribution in [0.5, 0.6) is 0 Å². The van der Waals surface area contributed by atoms with Crippen LogP contribution in [0.2, 0.25) is 0 Å². The summed E-state index contributed by atoms with van der Waals surface area (Å²) in [7, 11) is 0. The Hall–Kier alpha value is -5.08. The van der Waals surface area contributed by atoms with Crippen molar-refractivity contribution in [2.75, 3.05) is 78.0 Å². The van der Waals surface area contributed by atoms with Crippen molar-refractivity contribution < 1.29 is 59.8 Å². The third-order valence-corrected chi connectivity index (χ3v) is 22.9. The van der Waals surface area contributed by atoms with Crippen molar-refractivity contribution in [3.05, 3.63) is 156 Å². The summed E-state index contributed by atoms with van der Waals surface area (Å²) in [5, 5.41) is 82.2. The van der Waals surface area contributed by atoms with Crippen LogP contribution in [0, 0.1) is 0 Å². The number of aliphatic hydroxyl groups is 8. The first-order valence-electron chi connectivity index (χ1n) is 32.9. The first kappa shape index (κ1) is 92.0. The maximum absolute atomic E-state index is 12.2. The normalized spacial score (nSPS) is 26.3.